The second-order valence-corrected chi connectivity index (χ2v) is 5.36. The summed E-state index contributed by atoms with van der Waals surface area (Å²) in [5.41, 5.74) is 0.447. The van der Waals surface area contributed by atoms with Crippen LogP contribution in [0.3, 0.4) is 0 Å². The molecular weight excluding hydrogens is 266 g/mol. The van der Waals surface area contributed by atoms with Crippen molar-refractivity contribution in [3.8, 4) is 0 Å². The minimum absolute atomic E-state index is 0.447. The molecule has 4 heteroatoms. The Morgan fingerprint density at radius 1 is 1.31 bits per heavy atom. The van der Waals surface area contributed by atoms with Crippen LogP contribution in [0.5, 0.6) is 0 Å². The van der Waals surface area contributed by atoms with Crippen molar-refractivity contribution in [2.45, 2.75) is 52.5 Å². The molecule has 0 radical (unpaired) electrons. The number of hydrogen-bond donors (Lipinski definition) is 0. The number of nitrogens with zero attached hydrogens (tertiary/aromatic N) is 3. The molecule has 1 saturated carbocycles. The third-order valence-electron chi connectivity index (χ3n) is 3.61. The fourth-order valence-corrected chi connectivity index (χ4v) is 3.03. The van der Waals surface area contributed by atoms with Gasteiger partial charge in [0.1, 0.15) is 5.82 Å². The average Bonchev–Trinajstić information content (AvgIpc) is 2.65. The van der Waals surface area contributed by atoms with E-state index < -0.39 is 0 Å². The molecule has 1 aliphatic rings. The molecule has 0 atom stereocenters. The van der Waals surface area contributed by atoms with E-state index in [0.717, 1.165) is 36.4 Å². The highest BCUT2D eigenvalue weighted by Crippen LogP contribution is 2.43. The molecule has 1 aromatic rings. The number of hydrogen-bond acceptors (Lipinski definition) is 2. The minimum Gasteiger partial charge on any atom is -0.249 e. The first-order chi connectivity index (χ1) is 7.73. The van der Waals surface area contributed by atoms with Crippen molar-refractivity contribution in [1.82, 2.24) is 14.8 Å². The summed E-state index contributed by atoms with van der Waals surface area (Å²) in [5.74, 6) is 2.13. The first-order valence-electron chi connectivity index (χ1n) is 6.21. The Labute approximate surface area is 106 Å². The van der Waals surface area contributed by atoms with Gasteiger partial charge in [0.25, 0.3) is 0 Å². The Bertz CT molecular complexity index is 350. The minimum atomic E-state index is 0.447. The zero-order valence-electron chi connectivity index (χ0n) is 10.2. The van der Waals surface area contributed by atoms with Gasteiger partial charge in [-0.1, -0.05) is 36.2 Å². The second-order valence-electron chi connectivity index (χ2n) is 4.80. The molecule has 0 spiro atoms. The monoisotopic (exact) mass is 285 g/mol. The fourth-order valence-electron chi connectivity index (χ4n) is 2.29. The molecular formula is C12H20BrN3. The number of halogens is 1. The summed E-state index contributed by atoms with van der Waals surface area (Å²) in [5, 5.41) is 5.69. The van der Waals surface area contributed by atoms with Crippen LogP contribution >= 0.6 is 15.9 Å². The van der Waals surface area contributed by atoms with Crippen LogP contribution < -0.4 is 0 Å². The van der Waals surface area contributed by atoms with E-state index in [-0.39, 0.29) is 0 Å². The lowest BCUT2D eigenvalue weighted by atomic mass is 9.70. The SMILES string of the molecule is CCc1nc(CC)n(CC2(CBr)CCC2)n1. The predicted molar refractivity (Wildman–Crippen MR) is 68.9 cm³/mol. The molecule has 0 aliphatic heterocycles. The molecule has 0 unspecified atom stereocenters. The third kappa shape index (κ3) is 2.17. The smallest absolute Gasteiger partial charge is 0.150 e. The predicted octanol–water partition coefficient (Wildman–Crippen LogP) is 2.97. The van der Waals surface area contributed by atoms with Gasteiger partial charge in [0.05, 0.1) is 0 Å². The maximum absolute atomic E-state index is 4.60. The van der Waals surface area contributed by atoms with Crippen LogP contribution in [-0.2, 0) is 19.4 Å². The van der Waals surface area contributed by atoms with E-state index in [1.165, 1.54) is 19.3 Å². The van der Waals surface area contributed by atoms with Crippen LogP contribution in [0.15, 0.2) is 0 Å². The summed E-state index contributed by atoms with van der Waals surface area (Å²) in [6.45, 7) is 5.30. The Hall–Kier alpha value is -0.380. The first kappa shape index (κ1) is 12.1. The third-order valence-corrected chi connectivity index (χ3v) is 4.80. The Balaban J connectivity index is 2.16. The van der Waals surface area contributed by atoms with Gasteiger partial charge in [-0.15, -0.1) is 0 Å². The van der Waals surface area contributed by atoms with Gasteiger partial charge in [-0.3, -0.25) is 0 Å². The summed E-state index contributed by atoms with van der Waals surface area (Å²) in [7, 11) is 0. The highest BCUT2D eigenvalue weighted by Gasteiger charge is 2.37. The summed E-state index contributed by atoms with van der Waals surface area (Å²) < 4.78 is 2.14. The topological polar surface area (TPSA) is 30.7 Å². The highest BCUT2D eigenvalue weighted by molar-refractivity contribution is 9.09. The summed E-state index contributed by atoms with van der Waals surface area (Å²) in [6.07, 6.45) is 5.92. The van der Waals surface area contributed by atoms with E-state index in [1.54, 1.807) is 0 Å². The van der Waals surface area contributed by atoms with Crippen molar-refractivity contribution in [3.05, 3.63) is 11.6 Å². The van der Waals surface area contributed by atoms with Gasteiger partial charge in [-0.25, -0.2) is 9.67 Å². The van der Waals surface area contributed by atoms with Crippen LogP contribution in [0.4, 0.5) is 0 Å². The van der Waals surface area contributed by atoms with Crippen molar-refractivity contribution in [2.24, 2.45) is 5.41 Å². The largest absolute Gasteiger partial charge is 0.249 e. The molecule has 0 bridgehead atoms. The normalized spacial score (nSPS) is 18.4. The van der Waals surface area contributed by atoms with E-state index in [2.05, 4.69) is 44.5 Å². The molecule has 0 amide bonds. The summed E-state index contributed by atoms with van der Waals surface area (Å²) >= 11 is 3.65. The van der Waals surface area contributed by atoms with Crippen LogP contribution in [0.2, 0.25) is 0 Å². The van der Waals surface area contributed by atoms with Crippen LogP contribution in [0.1, 0.15) is 44.8 Å². The second kappa shape index (κ2) is 4.86. The van der Waals surface area contributed by atoms with E-state index >= 15 is 0 Å². The van der Waals surface area contributed by atoms with E-state index in [0.29, 0.717) is 5.41 Å². The van der Waals surface area contributed by atoms with Gasteiger partial charge in [-0.2, -0.15) is 5.10 Å². The number of aromatic nitrogens is 3. The molecule has 1 heterocycles. The molecule has 3 nitrogen and oxygen atoms in total. The number of rotatable bonds is 5. The molecule has 0 aromatic carbocycles. The molecule has 16 heavy (non-hydrogen) atoms. The maximum Gasteiger partial charge on any atom is 0.150 e. The molecule has 0 saturated heterocycles. The number of aryl methyl sites for hydroxylation is 2. The van der Waals surface area contributed by atoms with Crippen molar-refractivity contribution < 1.29 is 0 Å². The lowest BCUT2D eigenvalue weighted by molar-refractivity contribution is 0.132. The van der Waals surface area contributed by atoms with E-state index in [1.807, 2.05) is 0 Å². The van der Waals surface area contributed by atoms with Gasteiger partial charge in [0, 0.05) is 24.7 Å². The summed E-state index contributed by atoms with van der Waals surface area (Å²) in [4.78, 5) is 4.56. The van der Waals surface area contributed by atoms with Gasteiger partial charge in [0.2, 0.25) is 0 Å². The van der Waals surface area contributed by atoms with Crippen LogP contribution in [0, 0.1) is 5.41 Å². The van der Waals surface area contributed by atoms with Gasteiger partial charge in [-0.05, 0) is 18.3 Å². The molecule has 1 aliphatic carbocycles. The van der Waals surface area contributed by atoms with Crippen molar-refractivity contribution >= 4 is 15.9 Å². The Morgan fingerprint density at radius 2 is 2.06 bits per heavy atom. The van der Waals surface area contributed by atoms with Gasteiger partial charge < -0.3 is 0 Å². The summed E-state index contributed by atoms with van der Waals surface area (Å²) in [6, 6.07) is 0. The molecule has 0 N–H and O–H groups in total. The molecule has 1 aromatic heterocycles. The van der Waals surface area contributed by atoms with Gasteiger partial charge >= 0.3 is 0 Å². The zero-order valence-corrected chi connectivity index (χ0v) is 11.8. The van der Waals surface area contributed by atoms with Crippen molar-refractivity contribution in [3.63, 3.8) is 0 Å². The van der Waals surface area contributed by atoms with E-state index in [9.17, 15) is 0 Å². The van der Waals surface area contributed by atoms with Crippen LogP contribution in [-0.4, -0.2) is 20.1 Å². The molecule has 2 rings (SSSR count). The number of alkyl halides is 1. The Kier molecular flexibility index (Phi) is 3.67. The fraction of sp³-hybridized carbons (Fsp3) is 0.833. The Morgan fingerprint density at radius 3 is 2.50 bits per heavy atom. The average molecular weight is 286 g/mol. The zero-order chi connectivity index (χ0) is 11.6. The van der Waals surface area contributed by atoms with Gasteiger partial charge in [0.15, 0.2) is 5.82 Å². The highest BCUT2D eigenvalue weighted by atomic mass is 79.9. The first-order valence-corrected chi connectivity index (χ1v) is 7.33. The standard InChI is InChI=1S/C12H20BrN3/c1-3-10-14-11(4-2)16(15-10)9-12(8-13)6-5-7-12/h3-9H2,1-2H3. The van der Waals surface area contributed by atoms with Crippen molar-refractivity contribution in [2.75, 3.05) is 5.33 Å². The van der Waals surface area contributed by atoms with E-state index in [4.69, 9.17) is 0 Å². The van der Waals surface area contributed by atoms with Crippen LogP contribution in [0.25, 0.3) is 0 Å². The van der Waals surface area contributed by atoms with Crippen molar-refractivity contribution in [1.29, 1.82) is 0 Å². The lowest BCUT2D eigenvalue weighted by Gasteiger charge is -2.40. The quantitative estimate of drug-likeness (QED) is 0.779. The lowest BCUT2D eigenvalue weighted by Crippen LogP contribution is -2.36. The molecule has 1 fully saturated rings. The maximum atomic E-state index is 4.60. The molecule has 90 valence electrons.